The zero-order chi connectivity index (χ0) is 16.5. The maximum Gasteiger partial charge on any atom is 0.226 e. The number of anilines is 1. The molecule has 0 aromatic carbocycles. The van der Waals surface area contributed by atoms with Crippen molar-refractivity contribution >= 4 is 17.3 Å². The van der Waals surface area contributed by atoms with Gasteiger partial charge in [0.15, 0.2) is 5.76 Å². The second-order valence-corrected chi connectivity index (χ2v) is 6.93. The van der Waals surface area contributed by atoms with Crippen LogP contribution in [0.25, 0.3) is 21.9 Å². The molecule has 3 aromatic heterocycles. The van der Waals surface area contributed by atoms with Crippen LogP contribution in [0.4, 0.5) is 5.95 Å². The molecule has 4 rings (SSSR count). The van der Waals surface area contributed by atoms with Gasteiger partial charge in [-0.2, -0.15) is 0 Å². The molecule has 1 N–H and O–H groups in total. The highest BCUT2D eigenvalue weighted by molar-refractivity contribution is 7.13. The van der Waals surface area contributed by atoms with Crippen molar-refractivity contribution in [3.05, 3.63) is 35.5 Å². The molecule has 7 heteroatoms. The predicted molar refractivity (Wildman–Crippen MR) is 93.0 cm³/mol. The lowest BCUT2D eigenvalue weighted by Crippen LogP contribution is -2.39. The van der Waals surface area contributed by atoms with E-state index in [0.29, 0.717) is 18.3 Å². The van der Waals surface area contributed by atoms with Gasteiger partial charge in [-0.15, -0.1) is 11.3 Å². The van der Waals surface area contributed by atoms with E-state index in [2.05, 4.69) is 10.1 Å². The Kier molecular flexibility index (Phi) is 4.03. The highest BCUT2D eigenvalue weighted by Crippen LogP contribution is 2.34. The summed E-state index contributed by atoms with van der Waals surface area (Å²) in [6, 6.07) is 5.93. The van der Waals surface area contributed by atoms with Gasteiger partial charge in [-0.05, 0) is 31.2 Å². The molecule has 4 heterocycles. The minimum atomic E-state index is -0.316. The largest absolute Gasteiger partial charge is 0.391 e. The van der Waals surface area contributed by atoms with E-state index in [-0.39, 0.29) is 6.10 Å². The van der Waals surface area contributed by atoms with E-state index in [1.165, 1.54) is 0 Å². The third-order valence-electron chi connectivity index (χ3n) is 4.10. The number of aliphatic hydroxyl groups is 1. The van der Waals surface area contributed by atoms with Crippen molar-refractivity contribution in [2.75, 3.05) is 18.0 Å². The predicted octanol–water partition coefficient (Wildman–Crippen LogP) is 3.13. The van der Waals surface area contributed by atoms with Gasteiger partial charge >= 0.3 is 0 Å². The van der Waals surface area contributed by atoms with E-state index in [4.69, 9.17) is 9.51 Å². The summed E-state index contributed by atoms with van der Waals surface area (Å²) in [7, 11) is 0. The number of β-amino-alcohol motifs (C(OH)–C–C–N with tert-alkyl or cyclic N) is 1. The van der Waals surface area contributed by atoms with Crippen molar-refractivity contribution < 1.29 is 9.63 Å². The summed E-state index contributed by atoms with van der Waals surface area (Å²) in [6.07, 6.45) is 3.26. The van der Waals surface area contributed by atoms with Crippen molar-refractivity contribution in [2.45, 2.75) is 25.9 Å². The highest BCUT2D eigenvalue weighted by Gasteiger charge is 2.22. The number of aliphatic hydroxyl groups excluding tert-OH is 1. The van der Waals surface area contributed by atoms with E-state index in [1.54, 1.807) is 17.5 Å². The number of rotatable bonds is 3. The number of hydrogen-bond acceptors (Lipinski definition) is 7. The van der Waals surface area contributed by atoms with Gasteiger partial charge < -0.3 is 14.5 Å². The standard InChI is InChI=1S/C17H18N4O2S/c1-11-8-14(23-20-11)13-9-18-17(21-6-2-4-12(22)10-21)19-16(13)15-5-3-7-24-15/h3,5,7-9,12,22H,2,4,6,10H2,1H3. The van der Waals surface area contributed by atoms with Gasteiger partial charge in [0, 0.05) is 25.4 Å². The average Bonchev–Trinajstić information content (AvgIpc) is 3.26. The molecule has 0 radical (unpaired) electrons. The normalized spacial score (nSPS) is 18.1. The van der Waals surface area contributed by atoms with Crippen LogP contribution >= 0.6 is 11.3 Å². The highest BCUT2D eigenvalue weighted by atomic mass is 32.1. The summed E-state index contributed by atoms with van der Waals surface area (Å²) in [5, 5.41) is 15.9. The van der Waals surface area contributed by atoms with Gasteiger partial charge in [-0.3, -0.25) is 0 Å². The Hall–Kier alpha value is -2.25. The lowest BCUT2D eigenvalue weighted by atomic mass is 10.1. The van der Waals surface area contributed by atoms with Crippen LogP contribution in [-0.2, 0) is 0 Å². The number of nitrogens with zero attached hydrogens (tertiary/aromatic N) is 4. The molecule has 0 saturated carbocycles. The fourth-order valence-corrected chi connectivity index (χ4v) is 3.66. The Balaban J connectivity index is 1.78. The van der Waals surface area contributed by atoms with Crippen molar-refractivity contribution in [1.29, 1.82) is 0 Å². The summed E-state index contributed by atoms with van der Waals surface area (Å²) in [5.41, 5.74) is 2.50. The second-order valence-electron chi connectivity index (χ2n) is 5.98. The molecule has 0 spiro atoms. The molecule has 0 aliphatic carbocycles. The van der Waals surface area contributed by atoms with Gasteiger partial charge in [-0.1, -0.05) is 11.2 Å². The first-order valence-corrected chi connectivity index (χ1v) is 8.86. The van der Waals surface area contributed by atoms with E-state index < -0.39 is 0 Å². The van der Waals surface area contributed by atoms with Crippen molar-refractivity contribution in [3.63, 3.8) is 0 Å². The zero-order valence-electron chi connectivity index (χ0n) is 13.3. The second kappa shape index (κ2) is 6.33. The Bertz CT molecular complexity index is 831. The van der Waals surface area contributed by atoms with Crippen LogP contribution < -0.4 is 4.90 Å². The molecular weight excluding hydrogens is 324 g/mol. The molecule has 1 fully saturated rings. The third kappa shape index (κ3) is 2.92. The molecule has 0 bridgehead atoms. The van der Waals surface area contributed by atoms with Crippen LogP contribution in [0.1, 0.15) is 18.5 Å². The molecule has 1 unspecified atom stereocenters. The van der Waals surface area contributed by atoms with Crippen molar-refractivity contribution in [2.24, 2.45) is 0 Å². The molecule has 1 saturated heterocycles. The lowest BCUT2D eigenvalue weighted by Gasteiger charge is -2.30. The Morgan fingerprint density at radius 2 is 2.33 bits per heavy atom. The molecule has 24 heavy (non-hydrogen) atoms. The molecule has 3 aromatic rings. The molecule has 6 nitrogen and oxygen atoms in total. The average molecular weight is 342 g/mol. The van der Waals surface area contributed by atoms with Crippen LogP contribution in [0.5, 0.6) is 0 Å². The van der Waals surface area contributed by atoms with E-state index in [0.717, 1.165) is 41.2 Å². The maximum atomic E-state index is 9.91. The number of thiophene rings is 1. The van der Waals surface area contributed by atoms with Gasteiger partial charge in [0.1, 0.15) is 0 Å². The van der Waals surface area contributed by atoms with Crippen LogP contribution in [0.3, 0.4) is 0 Å². The number of hydrogen-bond donors (Lipinski definition) is 1. The molecular formula is C17H18N4O2S. The van der Waals surface area contributed by atoms with Crippen molar-refractivity contribution in [1.82, 2.24) is 15.1 Å². The summed E-state index contributed by atoms with van der Waals surface area (Å²) in [4.78, 5) is 12.4. The number of aromatic nitrogens is 3. The Morgan fingerprint density at radius 3 is 3.04 bits per heavy atom. The first-order valence-electron chi connectivity index (χ1n) is 7.98. The van der Waals surface area contributed by atoms with E-state index in [9.17, 15) is 5.11 Å². The number of aryl methyl sites for hydroxylation is 1. The van der Waals surface area contributed by atoms with E-state index >= 15 is 0 Å². The molecule has 124 valence electrons. The SMILES string of the molecule is Cc1cc(-c2cnc(N3CCCC(O)C3)nc2-c2cccs2)on1. The number of piperidine rings is 1. The molecule has 0 amide bonds. The first kappa shape index (κ1) is 15.3. The Labute approximate surface area is 143 Å². The van der Waals surface area contributed by atoms with Crippen molar-refractivity contribution in [3.8, 4) is 21.9 Å². The summed E-state index contributed by atoms with van der Waals surface area (Å²) in [6.45, 7) is 3.33. The first-order chi connectivity index (χ1) is 11.7. The fraction of sp³-hybridized carbons (Fsp3) is 0.353. The minimum absolute atomic E-state index is 0.316. The van der Waals surface area contributed by atoms with Crippen LogP contribution in [-0.4, -0.2) is 39.4 Å². The van der Waals surface area contributed by atoms with Crippen LogP contribution in [0.15, 0.2) is 34.3 Å². The fourth-order valence-electron chi connectivity index (χ4n) is 2.93. The molecule has 1 aliphatic rings. The molecule has 1 atom stereocenters. The van der Waals surface area contributed by atoms with E-state index in [1.807, 2.05) is 35.4 Å². The minimum Gasteiger partial charge on any atom is -0.391 e. The Morgan fingerprint density at radius 1 is 1.42 bits per heavy atom. The lowest BCUT2D eigenvalue weighted by molar-refractivity contribution is 0.153. The van der Waals surface area contributed by atoms with Crippen LogP contribution in [0, 0.1) is 6.92 Å². The van der Waals surface area contributed by atoms with Gasteiger partial charge in [-0.25, -0.2) is 9.97 Å². The zero-order valence-corrected chi connectivity index (χ0v) is 14.2. The third-order valence-corrected chi connectivity index (χ3v) is 4.98. The van der Waals surface area contributed by atoms with Gasteiger partial charge in [0.25, 0.3) is 0 Å². The van der Waals surface area contributed by atoms with Crippen LogP contribution in [0.2, 0.25) is 0 Å². The maximum absolute atomic E-state index is 9.91. The molecule has 1 aliphatic heterocycles. The monoisotopic (exact) mass is 342 g/mol. The summed E-state index contributed by atoms with van der Waals surface area (Å²) < 4.78 is 5.41. The summed E-state index contributed by atoms with van der Waals surface area (Å²) in [5.74, 6) is 1.32. The van der Waals surface area contributed by atoms with Gasteiger partial charge in [0.05, 0.1) is 27.9 Å². The van der Waals surface area contributed by atoms with Gasteiger partial charge in [0.2, 0.25) is 5.95 Å². The summed E-state index contributed by atoms with van der Waals surface area (Å²) >= 11 is 1.63. The topological polar surface area (TPSA) is 75.3 Å². The smallest absolute Gasteiger partial charge is 0.226 e. The quantitative estimate of drug-likeness (QED) is 0.788.